The molecule has 21 N–H and O–H groups in total. The van der Waals surface area contributed by atoms with Gasteiger partial charge >= 0.3 is 5.97 Å². The van der Waals surface area contributed by atoms with Crippen molar-refractivity contribution in [2.45, 2.75) is 61.4 Å². The van der Waals surface area contributed by atoms with Crippen molar-refractivity contribution in [2.75, 3.05) is 6.61 Å². The van der Waals surface area contributed by atoms with Crippen LogP contribution in [-0.4, -0.2) is 181 Å². The average molecular weight is 1240 g/mol. The molecule has 2 aliphatic rings. The molecule has 0 aliphatic carbocycles. The number of carbonyl (C=O) groups is 1. The average Bonchev–Trinajstić information content (AvgIpc) is 0.977. The summed E-state index contributed by atoms with van der Waals surface area (Å²) in [6.07, 6.45) is -18.2. The van der Waals surface area contributed by atoms with Crippen LogP contribution in [0.1, 0.15) is 0 Å². The van der Waals surface area contributed by atoms with E-state index in [1.807, 2.05) is 0 Å². The lowest BCUT2D eigenvalue weighted by Crippen LogP contribution is -2.61. The molecule has 10 atom stereocenters. The minimum atomic E-state index is -2.03. The number of aliphatic hydroxyl groups is 7. The van der Waals surface area contributed by atoms with Crippen LogP contribution in [-0.2, 0) is 14.3 Å². The molecule has 2 aliphatic heterocycles. The molecule has 11 rings (SSSR count). The van der Waals surface area contributed by atoms with Crippen molar-refractivity contribution in [3.8, 4) is 120 Å². The quantitative estimate of drug-likeness (QED) is 0.0849. The molecule has 0 unspecified atom stereocenters. The van der Waals surface area contributed by atoms with Crippen LogP contribution in [0.25, 0.3) is 66.9 Å². The van der Waals surface area contributed by atoms with Gasteiger partial charge in [0.2, 0.25) is 46.1 Å². The lowest BCUT2D eigenvalue weighted by Gasteiger charge is -2.38. The van der Waals surface area contributed by atoms with Crippen molar-refractivity contribution in [1.29, 1.82) is 0 Å². The first kappa shape index (κ1) is 62.6. The van der Waals surface area contributed by atoms with E-state index >= 15 is 0 Å². The molecule has 2 fully saturated rings. The van der Waals surface area contributed by atoms with Crippen LogP contribution in [0.2, 0.25) is 0 Å². The molecule has 32 heteroatoms. The second kappa shape index (κ2) is 24.4. The molecule has 3 aromatic heterocycles. The standard InChI is InChI=1S/C21H18O13.C21H20O12.C15H10O7/c22-7-4-10(25)12-11(5-7)32-17(6-1-2-8(23)9(24)3-6)18(13(12)26)33-21-16(29)14(27)15(28)19(34-21)20(30)31;22-6-12(27)19-16(29)17(30)21(32-19)33-20-15(28)14-11(26)4-8(23)5-13(14)31-18(20)7-1-2-9(24)10(25)3-7;16-7-4-10(19)12-11(5-7)22-15(14(21)13(12)20)6-1-2-8(17)9(18)3-6/h1-5,14-16,19,21-25,27-29H,(H,30,31);1-5,12,16-17,19,21-27,29-30H,6H2;1-5,16-19,21H/t14-,15-,16+,19-,21+;12-,16-,17-,19-,21+;/m01./s1. The highest BCUT2D eigenvalue weighted by atomic mass is 16.7. The number of carboxylic acids is 1. The lowest BCUT2D eigenvalue weighted by atomic mass is 9.99. The van der Waals surface area contributed by atoms with Gasteiger partial charge in [-0.2, -0.15) is 0 Å². The highest BCUT2D eigenvalue weighted by Crippen LogP contribution is 2.43. The van der Waals surface area contributed by atoms with Crippen LogP contribution in [0.15, 0.2) is 119 Å². The van der Waals surface area contributed by atoms with Gasteiger partial charge in [-0.3, -0.25) is 14.4 Å². The molecular formula is C57H48O32. The molecule has 32 nitrogen and oxygen atoms in total. The first-order valence-corrected chi connectivity index (χ1v) is 25.4. The number of phenols is 12. The Labute approximate surface area is 491 Å². The fourth-order valence-electron chi connectivity index (χ4n) is 9.17. The predicted octanol–water partition coefficient (Wildman–Crippen LogP) is 1.00. The molecule has 0 bridgehead atoms. The van der Waals surface area contributed by atoms with Gasteiger partial charge in [0.1, 0.15) is 110 Å². The zero-order valence-electron chi connectivity index (χ0n) is 44.5. The largest absolute Gasteiger partial charge is 0.508 e. The summed E-state index contributed by atoms with van der Waals surface area (Å²) in [5, 5.41) is 204. The normalized spacial score (nSPS) is 20.9. The van der Waals surface area contributed by atoms with Gasteiger partial charge in [0, 0.05) is 53.1 Å². The highest BCUT2D eigenvalue weighted by Gasteiger charge is 2.50. The van der Waals surface area contributed by atoms with Crippen molar-refractivity contribution < 1.29 is 144 Å². The van der Waals surface area contributed by atoms with Gasteiger partial charge in [-0.1, -0.05) is 0 Å². The third-order valence-corrected chi connectivity index (χ3v) is 13.6. The Morgan fingerprint density at radius 1 is 0.427 bits per heavy atom. The van der Waals surface area contributed by atoms with Crippen molar-refractivity contribution in [3.63, 3.8) is 0 Å². The maximum absolute atomic E-state index is 13.2. The smallest absolute Gasteiger partial charge is 0.335 e. The number of phenolic OH excluding ortho intramolecular Hbond substituents is 12. The second-order valence-electron chi connectivity index (χ2n) is 19.6. The van der Waals surface area contributed by atoms with E-state index in [0.29, 0.717) is 0 Å². The number of aromatic hydroxyl groups is 13. The number of benzene rings is 6. The topological polar surface area (TPSA) is 569 Å². The molecule has 9 aromatic rings. The molecule has 89 heavy (non-hydrogen) atoms. The molecule has 0 radical (unpaired) electrons. The Morgan fingerprint density at radius 2 is 0.787 bits per heavy atom. The van der Waals surface area contributed by atoms with Gasteiger partial charge in [-0.05, 0) is 54.6 Å². The summed E-state index contributed by atoms with van der Waals surface area (Å²) in [6.45, 7) is -0.783. The number of hydrogen-bond donors (Lipinski definition) is 21. The van der Waals surface area contributed by atoms with Crippen LogP contribution in [0, 0.1) is 0 Å². The van der Waals surface area contributed by atoms with Crippen molar-refractivity contribution in [2.24, 2.45) is 0 Å². The number of carboxylic acid groups (broad SMARTS) is 1. The van der Waals surface area contributed by atoms with Crippen molar-refractivity contribution in [1.82, 2.24) is 0 Å². The predicted molar refractivity (Wildman–Crippen MR) is 295 cm³/mol. The van der Waals surface area contributed by atoms with Gasteiger partial charge in [0.25, 0.3) is 0 Å². The monoisotopic (exact) mass is 1240 g/mol. The SMILES string of the molecule is O=C(O)[C@H]1O[C@@H](Oc2c(-c3ccc(O)c(O)c3)oc3cc(O)cc(O)c3c2=O)[C@H](O)[C@@H](O)[C@@H]1O.O=c1c(O)c(-c2ccc(O)c(O)c2)oc2cc(O)cc(O)c12.O=c1c(O[C@@H]2O[C@H]([C@H](O)CO)[C@H](O)[C@H]2O)c(-c2ccc(O)c(O)c2)oc2cc(O)cc(O)c12. The van der Waals surface area contributed by atoms with E-state index in [1.165, 1.54) is 18.2 Å². The van der Waals surface area contributed by atoms with Gasteiger partial charge in [-0.15, -0.1) is 0 Å². The van der Waals surface area contributed by atoms with Crippen LogP contribution < -0.4 is 25.8 Å². The Balaban J connectivity index is 0.000000162. The second-order valence-corrected chi connectivity index (χ2v) is 19.6. The number of aliphatic carboxylic acids is 1. The van der Waals surface area contributed by atoms with E-state index < -0.39 is 176 Å². The van der Waals surface area contributed by atoms with Gasteiger partial charge in [-0.25, -0.2) is 4.79 Å². The first-order valence-electron chi connectivity index (χ1n) is 25.4. The number of aliphatic hydroxyl groups excluding tert-OH is 7. The van der Waals surface area contributed by atoms with Gasteiger partial charge in [0.05, 0.1) is 6.61 Å². The minimum Gasteiger partial charge on any atom is -0.508 e. The van der Waals surface area contributed by atoms with E-state index in [1.54, 1.807) is 0 Å². The molecule has 0 amide bonds. The number of ether oxygens (including phenoxy) is 4. The Morgan fingerprint density at radius 3 is 1.17 bits per heavy atom. The summed E-state index contributed by atoms with van der Waals surface area (Å²) < 4.78 is 37.9. The maximum atomic E-state index is 13.2. The summed E-state index contributed by atoms with van der Waals surface area (Å²) in [5.74, 6) is -10.8. The molecular weight excluding hydrogens is 1200 g/mol. The molecule has 468 valence electrons. The van der Waals surface area contributed by atoms with Gasteiger partial charge in [0.15, 0.2) is 57.9 Å². The first-order chi connectivity index (χ1) is 42.0. The third-order valence-electron chi connectivity index (χ3n) is 13.6. The lowest BCUT2D eigenvalue weighted by molar-refractivity contribution is -0.271. The minimum absolute atomic E-state index is 0.0297. The molecule has 0 saturated carbocycles. The molecule has 2 saturated heterocycles. The van der Waals surface area contributed by atoms with Crippen molar-refractivity contribution in [3.05, 3.63) is 122 Å². The number of rotatable bonds is 10. The summed E-state index contributed by atoms with van der Waals surface area (Å²) in [5.41, 5.74) is -3.46. The van der Waals surface area contributed by atoms with Crippen LogP contribution in [0.4, 0.5) is 0 Å². The van der Waals surface area contributed by atoms with E-state index in [-0.39, 0.29) is 67.2 Å². The fourth-order valence-corrected chi connectivity index (χ4v) is 9.17. The summed E-state index contributed by atoms with van der Waals surface area (Å²) in [7, 11) is 0. The van der Waals surface area contributed by atoms with Crippen LogP contribution in [0.3, 0.4) is 0 Å². The Kier molecular flexibility index (Phi) is 17.2. The Hall–Kier alpha value is -10.9. The Bertz CT molecular complexity index is 4420. The van der Waals surface area contributed by atoms with Crippen LogP contribution >= 0.6 is 0 Å². The number of fused-ring (bicyclic) bond motifs is 3. The fraction of sp³-hybridized carbons (Fsp3) is 0.193. The maximum Gasteiger partial charge on any atom is 0.335 e. The van der Waals surface area contributed by atoms with Crippen LogP contribution in [0.5, 0.6) is 86.2 Å². The third kappa shape index (κ3) is 12.0. The van der Waals surface area contributed by atoms with E-state index in [2.05, 4.69) is 0 Å². The zero-order chi connectivity index (χ0) is 64.9. The summed E-state index contributed by atoms with van der Waals surface area (Å²) in [6, 6.07) is 16.1. The van der Waals surface area contributed by atoms with E-state index in [9.17, 15) is 121 Å². The van der Waals surface area contributed by atoms with E-state index in [0.717, 1.165) is 72.8 Å². The van der Waals surface area contributed by atoms with Crippen molar-refractivity contribution >= 4 is 38.9 Å². The highest BCUT2D eigenvalue weighted by molar-refractivity contribution is 5.91. The summed E-state index contributed by atoms with van der Waals surface area (Å²) >= 11 is 0. The zero-order valence-corrected chi connectivity index (χ0v) is 44.5. The molecule has 0 spiro atoms. The molecule has 5 heterocycles. The number of hydrogen-bond acceptors (Lipinski definition) is 31. The molecule has 6 aromatic carbocycles. The summed E-state index contributed by atoms with van der Waals surface area (Å²) in [4.78, 5) is 50.0. The van der Waals surface area contributed by atoms with Gasteiger partial charge < -0.3 is 139 Å². The van der Waals surface area contributed by atoms with E-state index in [4.69, 9.17) is 37.3 Å².